The van der Waals surface area contributed by atoms with Crippen molar-refractivity contribution < 1.29 is 13.9 Å². The average molecular weight is 351 g/mol. The van der Waals surface area contributed by atoms with Crippen molar-refractivity contribution in [2.75, 3.05) is 24.4 Å². The van der Waals surface area contributed by atoms with E-state index in [9.17, 15) is 9.18 Å². The summed E-state index contributed by atoms with van der Waals surface area (Å²) in [7, 11) is 1.43. The number of nitrogens with one attached hydrogen (secondary N) is 1. The van der Waals surface area contributed by atoms with Crippen LogP contribution in [-0.4, -0.2) is 25.0 Å². The lowest BCUT2D eigenvalue weighted by Crippen LogP contribution is -2.14. The van der Waals surface area contributed by atoms with E-state index in [0.717, 1.165) is 16.1 Å². The van der Waals surface area contributed by atoms with Crippen molar-refractivity contribution in [3.8, 4) is 5.75 Å². The van der Waals surface area contributed by atoms with Crippen molar-refractivity contribution in [2.24, 2.45) is 0 Å². The standard InChI is InChI=1S/C17H18FNO2S2/c1-21-15-8-7-12(9-13(15)18)10-23-11-17(20)19-14-5-3-4-6-16(14)22-2/h3-9H,10-11H2,1-2H3,(H,19,20). The average Bonchev–Trinajstić information content (AvgIpc) is 2.55. The van der Waals surface area contributed by atoms with E-state index in [4.69, 9.17) is 4.74 Å². The molecule has 1 amide bonds. The number of halogens is 1. The zero-order valence-corrected chi connectivity index (χ0v) is 14.6. The molecular weight excluding hydrogens is 333 g/mol. The highest BCUT2D eigenvalue weighted by Gasteiger charge is 2.07. The Hall–Kier alpha value is -1.66. The number of para-hydroxylation sites is 1. The van der Waals surface area contributed by atoms with E-state index in [1.54, 1.807) is 23.9 Å². The molecule has 0 aromatic heterocycles. The Kier molecular flexibility index (Phi) is 6.80. The van der Waals surface area contributed by atoms with Gasteiger partial charge in [-0.3, -0.25) is 4.79 Å². The van der Waals surface area contributed by atoms with Gasteiger partial charge in [0.05, 0.1) is 18.6 Å². The topological polar surface area (TPSA) is 38.3 Å². The minimum absolute atomic E-state index is 0.0644. The van der Waals surface area contributed by atoms with Crippen molar-refractivity contribution in [3.63, 3.8) is 0 Å². The summed E-state index contributed by atoms with van der Waals surface area (Å²) in [5, 5.41) is 2.90. The lowest BCUT2D eigenvalue weighted by atomic mass is 10.2. The van der Waals surface area contributed by atoms with E-state index in [2.05, 4.69) is 5.32 Å². The van der Waals surface area contributed by atoms with Gasteiger partial charge in [-0.25, -0.2) is 4.39 Å². The van der Waals surface area contributed by atoms with Gasteiger partial charge in [-0.15, -0.1) is 23.5 Å². The normalized spacial score (nSPS) is 10.4. The molecule has 1 N–H and O–H groups in total. The van der Waals surface area contributed by atoms with Crippen LogP contribution in [0, 0.1) is 5.82 Å². The van der Waals surface area contributed by atoms with Crippen LogP contribution in [-0.2, 0) is 10.5 Å². The molecule has 0 radical (unpaired) electrons. The van der Waals surface area contributed by atoms with E-state index in [1.165, 1.54) is 24.9 Å². The fourth-order valence-corrected chi connectivity index (χ4v) is 3.32. The smallest absolute Gasteiger partial charge is 0.234 e. The van der Waals surface area contributed by atoms with E-state index in [1.807, 2.05) is 30.5 Å². The number of methoxy groups -OCH3 is 1. The number of amides is 1. The third-order valence-electron chi connectivity index (χ3n) is 3.10. The number of rotatable bonds is 7. The highest BCUT2D eigenvalue weighted by atomic mass is 32.2. The van der Waals surface area contributed by atoms with E-state index in [0.29, 0.717) is 11.5 Å². The Morgan fingerprint density at radius 1 is 1.26 bits per heavy atom. The van der Waals surface area contributed by atoms with Crippen molar-refractivity contribution in [1.82, 2.24) is 0 Å². The molecule has 2 aromatic carbocycles. The van der Waals surface area contributed by atoms with E-state index in [-0.39, 0.29) is 17.5 Å². The molecule has 2 rings (SSSR count). The summed E-state index contributed by atoms with van der Waals surface area (Å²) in [6.45, 7) is 0. The van der Waals surface area contributed by atoms with Crippen LogP contribution in [0.25, 0.3) is 0 Å². The molecule has 0 fully saturated rings. The Labute approximate surface area is 144 Å². The zero-order valence-electron chi connectivity index (χ0n) is 13.0. The van der Waals surface area contributed by atoms with Gasteiger partial charge >= 0.3 is 0 Å². The number of benzene rings is 2. The molecule has 122 valence electrons. The maximum Gasteiger partial charge on any atom is 0.234 e. The van der Waals surface area contributed by atoms with Gasteiger partial charge in [0.1, 0.15) is 0 Å². The number of anilines is 1. The Morgan fingerprint density at radius 2 is 2.04 bits per heavy atom. The second-order valence-electron chi connectivity index (χ2n) is 4.71. The summed E-state index contributed by atoms with van der Waals surface area (Å²) in [6, 6.07) is 12.5. The Balaban J connectivity index is 1.84. The Bertz CT molecular complexity index is 679. The molecule has 0 heterocycles. The second-order valence-corrected chi connectivity index (χ2v) is 6.54. The maximum absolute atomic E-state index is 13.6. The molecule has 0 bridgehead atoms. The highest BCUT2D eigenvalue weighted by molar-refractivity contribution is 7.99. The van der Waals surface area contributed by atoms with Gasteiger partial charge in [-0.2, -0.15) is 0 Å². The van der Waals surface area contributed by atoms with Crippen LogP contribution in [0.15, 0.2) is 47.4 Å². The summed E-state index contributed by atoms with van der Waals surface area (Å²) in [6.07, 6.45) is 1.97. The van der Waals surface area contributed by atoms with Crippen LogP contribution < -0.4 is 10.1 Å². The van der Waals surface area contributed by atoms with Gasteiger partial charge in [0.15, 0.2) is 11.6 Å². The molecule has 0 aliphatic carbocycles. The van der Waals surface area contributed by atoms with Gasteiger partial charge in [0.2, 0.25) is 5.91 Å². The third-order valence-corrected chi connectivity index (χ3v) is 4.90. The molecule has 0 atom stereocenters. The molecule has 0 unspecified atom stereocenters. The molecule has 23 heavy (non-hydrogen) atoms. The lowest BCUT2D eigenvalue weighted by Gasteiger charge is -2.09. The first-order chi connectivity index (χ1) is 11.1. The van der Waals surface area contributed by atoms with Crippen molar-refractivity contribution in [1.29, 1.82) is 0 Å². The van der Waals surface area contributed by atoms with Crippen LogP contribution in [0.5, 0.6) is 5.75 Å². The summed E-state index contributed by atoms with van der Waals surface area (Å²) in [5.41, 5.74) is 1.65. The van der Waals surface area contributed by atoms with Gasteiger partial charge in [-0.05, 0) is 36.1 Å². The molecule has 0 saturated carbocycles. The molecule has 0 aliphatic rings. The first-order valence-corrected chi connectivity index (χ1v) is 9.35. The number of ether oxygens (including phenoxy) is 1. The van der Waals surface area contributed by atoms with Gasteiger partial charge in [0, 0.05) is 10.6 Å². The minimum atomic E-state index is -0.385. The van der Waals surface area contributed by atoms with E-state index < -0.39 is 0 Å². The molecule has 6 heteroatoms. The predicted octanol–water partition coefficient (Wildman–Crippen LogP) is 4.43. The van der Waals surface area contributed by atoms with Crippen molar-refractivity contribution in [3.05, 3.63) is 53.8 Å². The van der Waals surface area contributed by atoms with Crippen molar-refractivity contribution >= 4 is 35.1 Å². The number of thioether (sulfide) groups is 2. The highest BCUT2D eigenvalue weighted by Crippen LogP contribution is 2.25. The van der Waals surface area contributed by atoms with Crippen LogP contribution >= 0.6 is 23.5 Å². The van der Waals surface area contributed by atoms with Crippen LogP contribution in [0.2, 0.25) is 0 Å². The van der Waals surface area contributed by atoms with Crippen LogP contribution in [0.4, 0.5) is 10.1 Å². The maximum atomic E-state index is 13.6. The molecule has 2 aromatic rings. The molecular formula is C17H18FNO2S2. The second kappa shape index (κ2) is 8.84. The first-order valence-electron chi connectivity index (χ1n) is 6.97. The molecule has 3 nitrogen and oxygen atoms in total. The van der Waals surface area contributed by atoms with Crippen LogP contribution in [0.3, 0.4) is 0 Å². The van der Waals surface area contributed by atoms with E-state index >= 15 is 0 Å². The molecule has 0 spiro atoms. The largest absolute Gasteiger partial charge is 0.494 e. The molecule has 0 saturated heterocycles. The first kappa shape index (κ1) is 17.7. The van der Waals surface area contributed by atoms with Crippen LogP contribution in [0.1, 0.15) is 5.56 Å². The summed E-state index contributed by atoms with van der Waals surface area (Å²) in [4.78, 5) is 13.0. The number of hydrogen-bond donors (Lipinski definition) is 1. The van der Waals surface area contributed by atoms with Gasteiger partial charge < -0.3 is 10.1 Å². The summed E-state index contributed by atoms with van der Waals surface area (Å²) < 4.78 is 18.5. The van der Waals surface area contributed by atoms with Gasteiger partial charge in [0.25, 0.3) is 0 Å². The SMILES string of the molecule is COc1ccc(CSCC(=O)Nc2ccccc2SC)cc1F. The third kappa shape index (κ3) is 5.18. The minimum Gasteiger partial charge on any atom is -0.494 e. The number of carbonyl (C=O) groups excluding carboxylic acids is 1. The Morgan fingerprint density at radius 3 is 2.74 bits per heavy atom. The summed E-state index contributed by atoms with van der Waals surface area (Å²) in [5.74, 6) is 0.661. The number of hydrogen-bond acceptors (Lipinski definition) is 4. The van der Waals surface area contributed by atoms with Crippen molar-refractivity contribution in [2.45, 2.75) is 10.6 Å². The predicted molar refractivity (Wildman–Crippen MR) is 96.0 cm³/mol. The zero-order chi connectivity index (χ0) is 16.7. The monoisotopic (exact) mass is 351 g/mol. The fraction of sp³-hybridized carbons (Fsp3) is 0.235. The fourth-order valence-electron chi connectivity index (χ4n) is 2.00. The summed E-state index contributed by atoms with van der Waals surface area (Å²) >= 11 is 3.03. The number of carbonyl (C=O) groups is 1. The molecule has 0 aliphatic heterocycles. The lowest BCUT2D eigenvalue weighted by molar-refractivity contribution is -0.113. The quantitative estimate of drug-likeness (QED) is 0.749. The van der Waals surface area contributed by atoms with Gasteiger partial charge in [-0.1, -0.05) is 18.2 Å².